The first-order valence-electron chi connectivity index (χ1n) is 7.07. The van der Waals surface area contributed by atoms with Gasteiger partial charge in [0.15, 0.2) is 0 Å². The topological polar surface area (TPSA) is 61.4 Å². The molecule has 0 bridgehead atoms. The molecule has 0 aliphatic rings. The van der Waals surface area contributed by atoms with Crippen molar-refractivity contribution in [2.45, 2.75) is 32.9 Å². The fourth-order valence-corrected chi connectivity index (χ4v) is 1.81. The fourth-order valence-electron chi connectivity index (χ4n) is 1.81. The van der Waals surface area contributed by atoms with E-state index in [1.54, 1.807) is 0 Å². The summed E-state index contributed by atoms with van der Waals surface area (Å²) in [5.74, 6) is -0.949. The van der Waals surface area contributed by atoms with Crippen molar-refractivity contribution in [1.29, 1.82) is 0 Å². The molecule has 0 fully saturated rings. The first kappa shape index (κ1) is 19.2. The Morgan fingerprint density at radius 2 is 1.91 bits per heavy atom. The molecule has 1 aromatic rings. The van der Waals surface area contributed by atoms with E-state index in [0.29, 0.717) is 31.0 Å². The highest BCUT2D eigenvalue weighted by Gasteiger charge is 2.31. The van der Waals surface area contributed by atoms with Gasteiger partial charge in [-0.1, -0.05) is 13.8 Å². The summed E-state index contributed by atoms with van der Waals surface area (Å²) in [4.78, 5) is 11.6. The van der Waals surface area contributed by atoms with Gasteiger partial charge in [-0.15, -0.1) is 0 Å². The predicted octanol–water partition coefficient (Wildman–Crippen LogP) is 3.76. The quantitative estimate of drug-likeness (QED) is 0.547. The molecule has 0 aliphatic carbocycles. The summed E-state index contributed by atoms with van der Waals surface area (Å²) in [6.45, 7) is 4.00. The van der Waals surface area contributed by atoms with E-state index in [1.165, 1.54) is 0 Å². The van der Waals surface area contributed by atoms with Crippen molar-refractivity contribution in [2.24, 2.45) is 5.41 Å². The lowest BCUT2D eigenvalue weighted by atomic mass is 9.89. The van der Waals surface area contributed by atoms with Crippen LogP contribution in [0.4, 0.5) is 28.0 Å². The van der Waals surface area contributed by atoms with Gasteiger partial charge in [-0.05, 0) is 36.5 Å². The van der Waals surface area contributed by atoms with Crippen LogP contribution in [0.3, 0.4) is 0 Å². The Bertz CT molecular complexity index is 545. The third kappa shape index (κ3) is 6.43. The van der Waals surface area contributed by atoms with Crippen molar-refractivity contribution < 1.29 is 27.5 Å². The maximum absolute atomic E-state index is 13.5. The number of carbonyl (C=O) groups is 1. The van der Waals surface area contributed by atoms with Gasteiger partial charge in [-0.2, -0.15) is 13.2 Å². The van der Waals surface area contributed by atoms with Gasteiger partial charge in [0, 0.05) is 13.2 Å². The van der Waals surface area contributed by atoms with Crippen LogP contribution < -0.4 is 10.6 Å². The maximum Gasteiger partial charge on any atom is 0.416 e. The molecule has 1 rings (SSSR count). The van der Waals surface area contributed by atoms with E-state index in [9.17, 15) is 22.4 Å². The zero-order chi connectivity index (χ0) is 17.7. The standard InChI is InChI=1S/C15H20F4N2O2/c1-14(2,9-22)6-3-7-20-13(23)21-12-8-10(15(17,18)19)4-5-11(12)16/h4-5,8,22H,3,6-7,9H2,1-2H3,(H2,20,21,23). The van der Waals surface area contributed by atoms with Crippen molar-refractivity contribution in [3.63, 3.8) is 0 Å². The summed E-state index contributed by atoms with van der Waals surface area (Å²) in [6.07, 6.45) is -3.38. The molecule has 8 heteroatoms. The van der Waals surface area contributed by atoms with Crippen LogP contribution in [0.25, 0.3) is 0 Å². The summed E-state index contributed by atoms with van der Waals surface area (Å²) < 4.78 is 51.1. The number of rotatable bonds is 6. The third-order valence-electron chi connectivity index (χ3n) is 3.29. The molecular formula is C15H20F4N2O2. The number of hydrogen-bond donors (Lipinski definition) is 3. The Labute approximate surface area is 131 Å². The molecule has 0 aromatic heterocycles. The number of alkyl halides is 3. The largest absolute Gasteiger partial charge is 0.416 e. The van der Waals surface area contributed by atoms with Crippen LogP contribution in [0.5, 0.6) is 0 Å². The van der Waals surface area contributed by atoms with Crippen LogP contribution in [0.2, 0.25) is 0 Å². The number of halogens is 4. The molecule has 1 aromatic carbocycles. The third-order valence-corrected chi connectivity index (χ3v) is 3.29. The Morgan fingerprint density at radius 3 is 2.48 bits per heavy atom. The molecule has 23 heavy (non-hydrogen) atoms. The second kappa shape index (κ2) is 7.63. The van der Waals surface area contributed by atoms with Gasteiger partial charge in [0.25, 0.3) is 0 Å². The minimum absolute atomic E-state index is 0.00857. The monoisotopic (exact) mass is 336 g/mol. The van der Waals surface area contributed by atoms with Gasteiger partial charge in [-0.25, -0.2) is 9.18 Å². The summed E-state index contributed by atoms with van der Waals surface area (Å²) >= 11 is 0. The minimum Gasteiger partial charge on any atom is -0.396 e. The fraction of sp³-hybridized carbons (Fsp3) is 0.533. The smallest absolute Gasteiger partial charge is 0.396 e. The van der Waals surface area contributed by atoms with E-state index in [4.69, 9.17) is 5.11 Å². The molecule has 0 spiro atoms. The highest BCUT2D eigenvalue weighted by Crippen LogP contribution is 2.31. The van der Waals surface area contributed by atoms with Gasteiger partial charge in [-0.3, -0.25) is 0 Å². The first-order chi connectivity index (χ1) is 10.5. The lowest BCUT2D eigenvalue weighted by molar-refractivity contribution is -0.137. The van der Waals surface area contributed by atoms with Crippen LogP contribution in [0, 0.1) is 11.2 Å². The van der Waals surface area contributed by atoms with Crippen molar-refractivity contribution >= 4 is 11.7 Å². The average molecular weight is 336 g/mol. The van der Waals surface area contributed by atoms with Crippen LogP contribution in [-0.4, -0.2) is 24.3 Å². The number of amides is 2. The molecule has 0 radical (unpaired) electrons. The number of benzene rings is 1. The van der Waals surface area contributed by atoms with E-state index in [0.717, 1.165) is 0 Å². The molecule has 0 aliphatic heterocycles. The van der Waals surface area contributed by atoms with Gasteiger partial charge in [0.05, 0.1) is 11.3 Å². The van der Waals surface area contributed by atoms with E-state index >= 15 is 0 Å². The number of urea groups is 1. The summed E-state index contributed by atoms with van der Waals surface area (Å²) in [5.41, 5.74) is -1.85. The van der Waals surface area contributed by atoms with Crippen LogP contribution in [-0.2, 0) is 6.18 Å². The van der Waals surface area contributed by atoms with Crippen LogP contribution >= 0.6 is 0 Å². The highest BCUT2D eigenvalue weighted by atomic mass is 19.4. The number of hydrogen-bond acceptors (Lipinski definition) is 2. The molecular weight excluding hydrogens is 316 g/mol. The molecule has 0 atom stereocenters. The molecule has 0 saturated carbocycles. The highest BCUT2D eigenvalue weighted by molar-refractivity contribution is 5.89. The van der Waals surface area contributed by atoms with Gasteiger partial charge in [0.1, 0.15) is 5.82 Å². The average Bonchev–Trinajstić information content (AvgIpc) is 2.45. The Hall–Kier alpha value is -1.83. The molecule has 0 heterocycles. The Balaban J connectivity index is 2.55. The molecule has 3 N–H and O–H groups in total. The van der Waals surface area contributed by atoms with Gasteiger partial charge >= 0.3 is 12.2 Å². The Morgan fingerprint density at radius 1 is 1.26 bits per heavy atom. The molecule has 2 amide bonds. The lowest BCUT2D eigenvalue weighted by Gasteiger charge is -2.21. The van der Waals surface area contributed by atoms with Crippen molar-refractivity contribution in [3.8, 4) is 0 Å². The molecule has 0 saturated heterocycles. The van der Waals surface area contributed by atoms with E-state index < -0.39 is 29.3 Å². The van der Waals surface area contributed by atoms with Crippen LogP contribution in [0.1, 0.15) is 32.3 Å². The second-order valence-corrected chi connectivity index (χ2v) is 6.00. The summed E-state index contributed by atoms with van der Waals surface area (Å²) in [7, 11) is 0. The number of aliphatic hydroxyl groups is 1. The number of anilines is 1. The number of carbonyl (C=O) groups excluding carboxylic acids is 1. The van der Waals surface area contributed by atoms with E-state index in [1.807, 2.05) is 13.8 Å². The van der Waals surface area contributed by atoms with Crippen molar-refractivity contribution in [2.75, 3.05) is 18.5 Å². The van der Waals surface area contributed by atoms with Gasteiger partial charge < -0.3 is 15.7 Å². The summed E-state index contributed by atoms with van der Waals surface area (Å²) in [6, 6.07) is 1.02. The molecule has 0 unspecified atom stereocenters. The normalized spacial score (nSPS) is 12.1. The first-order valence-corrected chi connectivity index (χ1v) is 7.07. The van der Waals surface area contributed by atoms with E-state index in [2.05, 4.69) is 10.6 Å². The molecule has 130 valence electrons. The predicted molar refractivity (Wildman–Crippen MR) is 78.5 cm³/mol. The number of aliphatic hydroxyl groups excluding tert-OH is 1. The zero-order valence-electron chi connectivity index (χ0n) is 12.9. The lowest BCUT2D eigenvalue weighted by Crippen LogP contribution is -2.31. The Kier molecular flexibility index (Phi) is 6.37. The maximum atomic E-state index is 13.5. The van der Waals surface area contributed by atoms with Crippen molar-refractivity contribution in [3.05, 3.63) is 29.6 Å². The SMILES string of the molecule is CC(C)(CO)CCCNC(=O)Nc1cc(C(F)(F)F)ccc1F. The summed E-state index contributed by atoms with van der Waals surface area (Å²) in [5, 5.41) is 13.6. The van der Waals surface area contributed by atoms with Gasteiger partial charge in [0.2, 0.25) is 0 Å². The molecule has 4 nitrogen and oxygen atoms in total. The second-order valence-electron chi connectivity index (χ2n) is 6.00. The van der Waals surface area contributed by atoms with Crippen LogP contribution in [0.15, 0.2) is 18.2 Å². The van der Waals surface area contributed by atoms with E-state index in [-0.39, 0.29) is 18.6 Å². The minimum atomic E-state index is -4.61. The zero-order valence-corrected chi connectivity index (χ0v) is 12.9. The number of nitrogens with one attached hydrogen (secondary N) is 2. The van der Waals surface area contributed by atoms with Crippen molar-refractivity contribution in [1.82, 2.24) is 5.32 Å².